The standard InChI is InChI=1S/C40H42FN7O4/c1-23(43-22-35(49)48-31(21-42)18-29-19-34(29)48)20-40(39-45-44-36(52-39)24-8-12-30(41)13-9-24)32-14-10-27(37(50)46(2)3)16-25(32)6-7-26-17-28(11-15-33(26)40)38(51)47(4)5/h8-17,23,29,31,34,43H,6-7,18-20,22H2,1-5H3/t23-,29+,31-,34-/m0/s1. The number of fused-ring (bicyclic) bond motifs is 3. The molecule has 52 heavy (non-hydrogen) atoms. The Hall–Kier alpha value is -5.41. The van der Waals surface area contributed by atoms with Gasteiger partial charge in [0.2, 0.25) is 17.7 Å². The van der Waals surface area contributed by atoms with Crippen LogP contribution in [0.25, 0.3) is 11.5 Å². The highest BCUT2D eigenvalue weighted by atomic mass is 19.1. The minimum atomic E-state index is -1.09. The van der Waals surface area contributed by atoms with Crippen molar-refractivity contribution in [3.8, 4) is 17.5 Å². The second-order valence-corrected chi connectivity index (χ2v) is 14.7. The molecule has 0 bridgehead atoms. The summed E-state index contributed by atoms with van der Waals surface area (Å²) in [4.78, 5) is 44.7. The van der Waals surface area contributed by atoms with Crippen LogP contribution in [0.1, 0.15) is 75.0 Å². The van der Waals surface area contributed by atoms with E-state index < -0.39 is 11.5 Å². The van der Waals surface area contributed by atoms with Crippen LogP contribution in [0.5, 0.6) is 0 Å². The van der Waals surface area contributed by atoms with Gasteiger partial charge in [0, 0.05) is 57.0 Å². The van der Waals surface area contributed by atoms with Gasteiger partial charge in [-0.25, -0.2) is 4.39 Å². The fourth-order valence-electron chi connectivity index (χ4n) is 8.09. The Kier molecular flexibility index (Phi) is 9.17. The number of aryl methyl sites for hydroxylation is 2. The van der Waals surface area contributed by atoms with Gasteiger partial charge in [0.25, 0.3) is 11.8 Å². The number of amides is 3. The van der Waals surface area contributed by atoms with Crippen LogP contribution in [0.2, 0.25) is 0 Å². The van der Waals surface area contributed by atoms with E-state index in [2.05, 4.69) is 21.6 Å². The third-order valence-corrected chi connectivity index (χ3v) is 10.7. The summed E-state index contributed by atoms with van der Waals surface area (Å²) in [6.45, 7) is 2.05. The highest BCUT2D eigenvalue weighted by Crippen LogP contribution is 2.49. The maximum absolute atomic E-state index is 13.9. The lowest BCUT2D eigenvalue weighted by molar-refractivity contribution is -0.131. The van der Waals surface area contributed by atoms with Crippen molar-refractivity contribution in [1.82, 2.24) is 30.2 Å². The van der Waals surface area contributed by atoms with Crippen LogP contribution in [-0.2, 0) is 23.1 Å². The molecule has 4 atom stereocenters. The van der Waals surface area contributed by atoms with Crippen molar-refractivity contribution in [2.45, 2.75) is 62.6 Å². The molecule has 2 fully saturated rings. The maximum atomic E-state index is 13.9. The van der Waals surface area contributed by atoms with Crippen LogP contribution < -0.4 is 5.32 Å². The predicted octanol–water partition coefficient (Wildman–Crippen LogP) is 4.59. The first kappa shape index (κ1) is 35.0. The number of benzene rings is 3. The summed E-state index contributed by atoms with van der Waals surface area (Å²) in [5.41, 5.74) is 4.11. The molecule has 3 aromatic carbocycles. The Morgan fingerprint density at radius 2 is 1.54 bits per heavy atom. The molecule has 11 nitrogen and oxygen atoms in total. The van der Waals surface area contributed by atoms with E-state index in [0.717, 1.165) is 35.1 Å². The van der Waals surface area contributed by atoms with Gasteiger partial charge < -0.3 is 24.4 Å². The van der Waals surface area contributed by atoms with Crippen molar-refractivity contribution in [2.75, 3.05) is 34.7 Å². The topological polar surface area (TPSA) is 136 Å². The highest BCUT2D eigenvalue weighted by molar-refractivity contribution is 5.95. The van der Waals surface area contributed by atoms with Gasteiger partial charge in [-0.3, -0.25) is 14.4 Å². The van der Waals surface area contributed by atoms with E-state index in [9.17, 15) is 24.0 Å². The molecule has 1 N–H and O–H groups in total. The van der Waals surface area contributed by atoms with Crippen LogP contribution in [0.15, 0.2) is 65.1 Å². The number of nitrogens with one attached hydrogen (secondary N) is 1. The molecule has 2 aliphatic carbocycles. The number of rotatable bonds is 9. The first-order valence-corrected chi connectivity index (χ1v) is 17.7. The molecule has 268 valence electrons. The first-order chi connectivity index (χ1) is 24.9. The summed E-state index contributed by atoms with van der Waals surface area (Å²) in [6, 6.07) is 18.9. The highest BCUT2D eigenvalue weighted by Gasteiger charge is 2.54. The van der Waals surface area contributed by atoms with Gasteiger partial charge in [-0.05, 0) is 116 Å². The molecule has 0 spiro atoms. The van der Waals surface area contributed by atoms with E-state index in [-0.39, 0.29) is 48.1 Å². The molecular formula is C40H42FN7O4. The minimum absolute atomic E-state index is 0.0512. The lowest BCUT2D eigenvalue weighted by atomic mass is 9.68. The number of aromatic nitrogens is 2. The van der Waals surface area contributed by atoms with Gasteiger partial charge in [-0.15, -0.1) is 10.2 Å². The van der Waals surface area contributed by atoms with Gasteiger partial charge in [0.05, 0.1) is 12.6 Å². The Labute approximate surface area is 302 Å². The molecule has 2 heterocycles. The van der Waals surface area contributed by atoms with Gasteiger partial charge in [0.15, 0.2) is 0 Å². The van der Waals surface area contributed by atoms with Crippen LogP contribution in [-0.4, -0.2) is 95.5 Å². The number of nitrogens with zero attached hydrogens (tertiary/aromatic N) is 6. The van der Waals surface area contributed by atoms with Crippen molar-refractivity contribution in [3.05, 3.63) is 106 Å². The summed E-state index contributed by atoms with van der Waals surface area (Å²) in [6.07, 6.45) is 3.18. The summed E-state index contributed by atoms with van der Waals surface area (Å²) < 4.78 is 20.5. The Morgan fingerprint density at radius 1 is 0.942 bits per heavy atom. The second-order valence-electron chi connectivity index (χ2n) is 14.7. The molecule has 1 aromatic heterocycles. The SMILES string of the molecule is C[C@@H](CC1(c2nnc(-c3ccc(F)cc3)o2)c2ccc(C(=O)N(C)C)cc2CCc2cc(C(=O)N(C)C)ccc21)NCC(=O)N1[C@H](C#N)C[C@@H]2C[C@@H]21. The Balaban J connectivity index is 1.36. The zero-order valence-corrected chi connectivity index (χ0v) is 30.0. The summed E-state index contributed by atoms with van der Waals surface area (Å²) in [5, 5.41) is 22.3. The van der Waals surface area contributed by atoms with Crippen molar-refractivity contribution < 1.29 is 23.2 Å². The van der Waals surface area contributed by atoms with E-state index in [1.54, 1.807) is 45.2 Å². The molecule has 7 rings (SSSR count). The number of nitriles is 1. The minimum Gasteiger partial charge on any atom is -0.419 e. The number of hydrogen-bond donors (Lipinski definition) is 1. The monoisotopic (exact) mass is 703 g/mol. The fraction of sp³-hybridized carbons (Fsp3) is 0.400. The molecule has 0 radical (unpaired) electrons. The number of likely N-dealkylation sites (tertiary alicyclic amines) is 1. The normalized spacial score (nSPS) is 20.1. The number of carbonyl (C=O) groups excluding carboxylic acids is 3. The molecule has 1 saturated carbocycles. The van der Waals surface area contributed by atoms with E-state index in [4.69, 9.17) is 4.42 Å². The largest absolute Gasteiger partial charge is 0.419 e. The third-order valence-electron chi connectivity index (χ3n) is 10.7. The van der Waals surface area contributed by atoms with Crippen LogP contribution >= 0.6 is 0 Å². The van der Waals surface area contributed by atoms with Crippen LogP contribution in [0.4, 0.5) is 4.39 Å². The predicted molar refractivity (Wildman–Crippen MR) is 191 cm³/mol. The molecule has 3 aliphatic rings. The van der Waals surface area contributed by atoms with Crippen molar-refractivity contribution in [3.63, 3.8) is 0 Å². The van der Waals surface area contributed by atoms with E-state index in [0.29, 0.717) is 47.8 Å². The smallest absolute Gasteiger partial charge is 0.253 e. The van der Waals surface area contributed by atoms with Crippen LogP contribution in [0.3, 0.4) is 0 Å². The Bertz CT molecular complexity index is 2010. The van der Waals surface area contributed by atoms with Crippen molar-refractivity contribution in [1.29, 1.82) is 5.26 Å². The van der Waals surface area contributed by atoms with Gasteiger partial charge >= 0.3 is 0 Å². The van der Waals surface area contributed by atoms with Gasteiger partial charge in [-0.1, -0.05) is 12.1 Å². The first-order valence-electron chi connectivity index (χ1n) is 17.7. The molecule has 1 aliphatic heterocycles. The number of carbonyl (C=O) groups is 3. The fourth-order valence-corrected chi connectivity index (χ4v) is 8.09. The summed E-state index contributed by atoms with van der Waals surface area (Å²) >= 11 is 0. The van der Waals surface area contributed by atoms with Gasteiger partial charge in [-0.2, -0.15) is 5.26 Å². The zero-order chi connectivity index (χ0) is 36.9. The van der Waals surface area contributed by atoms with E-state index in [1.807, 2.05) is 43.3 Å². The molecule has 0 unspecified atom stereocenters. The molecule has 12 heteroatoms. The number of piperidine rings is 1. The summed E-state index contributed by atoms with van der Waals surface area (Å²) in [7, 11) is 6.86. The van der Waals surface area contributed by atoms with Gasteiger partial charge in [0.1, 0.15) is 17.3 Å². The molecular weight excluding hydrogens is 661 g/mol. The second kappa shape index (κ2) is 13.6. The number of hydrogen-bond acceptors (Lipinski definition) is 8. The van der Waals surface area contributed by atoms with E-state index >= 15 is 0 Å². The third kappa shape index (κ3) is 6.23. The number of halogens is 1. The lowest BCUT2D eigenvalue weighted by Gasteiger charge is -2.36. The van der Waals surface area contributed by atoms with E-state index in [1.165, 1.54) is 21.9 Å². The van der Waals surface area contributed by atoms with Crippen LogP contribution in [0, 0.1) is 23.1 Å². The zero-order valence-electron chi connectivity index (χ0n) is 30.0. The quantitative estimate of drug-likeness (QED) is 0.268. The average molecular weight is 704 g/mol. The average Bonchev–Trinajstić information content (AvgIpc) is 3.57. The maximum Gasteiger partial charge on any atom is 0.253 e. The summed E-state index contributed by atoms with van der Waals surface area (Å²) in [5.74, 6) is 0.165. The lowest BCUT2D eigenvalue weighted by Crippen LogP contribution is -2.46. The molecule has 1 saturated heterocycles. The Morgan fingerprint density at radius 3 is 2.10 bits per heavy atom. The van der Waals surface area contributed by atoms with Crippen molar-refractivity contribution >= 4 is 17.7 Å². The molecule has 3 amide bonds. The molecule has 4 aromatic rings. The van der Waals surface area contributed by atoms with Crippen molar-refractivity contribution in [2.24, 2.45) is 5.92 Å².